The standard InChI is InChI=1S/C15H29N3O2/c1-13(15(19)17-14-5-3-2-4-6-14)16-7-8-18-9-11-20-12-10-18/h13-14,16H,2-12H2,1H3,(H,17,19). The molecule has 1 atom stereocenters. The molecule has 2 aliphatic rings. The minimum absolute atomic E-state index is 0.0991. The Bertz CT molecular complexity index is 287. The van der Waals surface area contributed by atoms with E-state index in [1.165, 1.54) is 19.3 Å². The monoisotopic (exact) mass is 283 g/mol. The second-order valence-electron chi connectivity index (χ2n) is 5.97. The van der Waals surface area contributed by atoms with Crippen molar-refractivity contribution < 1.29 is 9.53 Å². The third kappa shape index (κ3) is 5.38. The predicted octanol–water partition coefficient (Wildman–Crippen LogP) is 0.746. The fourth-order valence-corrected chi connectivity index (χ4v) is 2.93. The number of hydrogen-bond acceptors (Lipinski definition) is 4. The van der Waals surface area contributed by atoms with E-state index in [0.29, 0.717) is 6.04 Å². The Morgan fingerprint density at radius 3 is 2.65 bits per heavy atom. The van der Waals surface area contributed by atoms with Gasteiger partial charge in [0.2, 0.25) is 5.91 Å². The highest BCUT2D eigenvalue weighted by Crippen LogP contribution is 2.17. The number of ether oxygens (including phenoxy) is 1. The molecule has 1 amide bonds. The zero-order valence-corrected chi connectivity index (χ0v) is 12.7. The van der Waals surface area contributed by atoms with Gasteiger partial charge in [0.25, 0.3) is 0 Å². The molecular weight excluding hydrogens is 254 g/mol. The van der Waals surface area contributed by atoms with E-state index < -0.39 is 0 Å². The number of carbonyl (C=O) groups is 1. The van der Waals surface area contributed by atoms with Crippen molar-refractivity contribution >= 4 is 5.91 Å². The molecule has 0 radical (unpaired) electrons. The minimum atomic E-state index is -0.0991. The Kier molecular flexibility index (Phi) is 6.76. The van der Waals surface area contributed by atoms with Crippen LogP contribution in [0.4, 0.5) is 0 Å². The average molecular weight is 283 g/mol. The molecule has 0 aromatic heterocycles. The lowest BCUT2D eigenvalue weighted by atomic mass is 9.95. The molecule has 0 spiro atoms. The van der Waals surface area contributed by atoms with Crippen molar-refractivity contribution in [2.24, 2.45) is 0 Å². The number of nitrogens with zero attached hydrogens (tertiary/aromatic N) is 1. The average Bonchev–Trinajstić information content (AvgIpc) is 2.49. The maximum atomic E-state index is 12.1. The van der Waals surface area contributed by atoms with Crippen molar-refractivity contribution in [2.45, 2.75) is 51.1 Å². The van der Waals surface area contributed by atoms with E-state index in [2.05, 4.69) is 15.5 Å². The summed E-state index contributed by atoms with van der Waals surface area (Å²) in [4.78, 5) is 14.5. The van der Waals surface area contributed by atoms with E-state index in [-0.39, 0.29) is 11.9 Å². The van der Waals surface area contributed by atoms with Crippen LogP contribution in [0.2, 0.25) is 0 Å². The van der Waals surface area contributed by atoms with Crippen LogP contribution in [-0.2, 0) is 9.53 Å². The largest absolute Gasteiger partial charge is 0.379 e. The first-order valence-electron chi connectivity index (χ1n) is 8.09. The van der Waals surface area contributed by atoms with Crippen molar-refractivity contribution in [3.05, 3.63) is 0 Å². The van der Waals surface area contributed by atoms with Gasteiger partial charge in [0.05, 0.1) is 19.3 Å². The van der Waals surface area contributed by atoms with E-state index in [0.717, 1.165) is 52.2 Å². The molecule has 1 saturated heterocycles. The zero-order chi connectivity index (χ0) is 14.2. The Labute approximate surface area is 122 Å². The number of rotatable bonds is 6. The molecule has 0 aromatic carbocycles. The first-order chi connectivity index (χ1) is 9.75. The molecule has 0 bridgehead atoms. The molecular formula is C15H29N3O2. The summed E-state index contributed by atoms with van der Waals surface area (Å²) in [7, 11) is 0. The van der Waals surface area contributed by atoms with Gasteiger partial charge in [0, 0.05) is 32.2 Å². The molecule has 2 rings (SSSR count). The topological polar surface area (TPSA) is 53.6 Å². The van der Waals surface area contributed by atoms with Gasteiger partial charge in [-0.25, -0.2) is 0 Å². The molecule has 1 heterocycles. The highest BCUT2D eigenvalue weighted by Gasteiger charge is 2.19. The maximum Gasteiger partial charge on any atom is 0.237 e. The highest BCUT2D eigenvalue weighted by atomic mass is 16.5. The van der Waals surface area contributed by atoms with E-state index in [9.17, 15) is 4.79 Å². The molecule has 1 saturated carbocycles. The molecule has 1 aliphatic heterocycles. The quantitative estimate of drug-likeness (QED) is 0.755. The second-order valence-corrected chi connectivity index (χ2v) is 5.97. The van der Waals surface area contributed by atoms with Gasteiger partial charge in [-0.2, -0.15) is 0 Å². The lowest BCUT2D eigenvalue weighted by Gasteiger charge is -2.28. The highest BCUT2D eigenvalue weighted by molar-refractivity contribution is 5.81. The third-order valence-corrected chi connectivity index (χ3v) is 4.33. The van der Waals surface area contributed by atoms with Gasteiger partial charge in [-0.1, -0.05) is 19.3 Å². The van der Waals surface area contributed by atoms with E-state index in [4.69, 9.17) is 4.74 Å². The molecule has 2 N–H and O–H groups in total. The predicted molar refractivity (Wildman–Crippen MR) is 79.7 cm³/mol. The van der Waals surface area contributed by atoms with Crippen LogP contribution in [-0.4, -0.2) is 62.3 Å². The summed E-state index contributed by atoms with van der Waals surface area (Å²) in [6, 6.07) is 0.303. The summed E-state index contributed by atoms with van der Waals surface area (Å²) in [6.07, 6.45) is 6.12. The number of hydrogen-bond donors (Lipinski definition) is 2. The van der Waals surface area contributed by atoms with E-state index >= 15 is 0 Å². The summed E-state index contributed by atoms with van der Waals surface area (Å²) < 4.78 is 5.32. The Morgan fingerprint density at radius 1 is 1.25 bits per heavy atom. The first-order valence-corrected chi connectivity index (χ1v) is 8.09. The van der Waals surface area contributed by atoms with Crippen LogP contribution in [0.3, 0.4) is 0 Å². The first kappa shape index (κ1) is 15.7. The van der Waals surface area contributed by atoms with Gasteiger partial charge in [-0.3, -0.25) is 9.69 Å². The molecule has 116 valence electrons. The Morgan fingerprint density at radius 2 is 1.95 bits per heavy atom. The van der Waals surface area contributed by atoms with Crippen LogP contribution >= 0.6 is 0 Å². The number of carbonyl (C=O) groups excluding carboxylic acids is 1. The van der Waals surface area contributed by atoms with Gasteiger partial charge < -0.3 is 15.4 Å². The van der Waals surface area contributed by atoms with Crippen LogP contribution < -0.4 is 10.6 Å². The Balaban J connectivity index is 1.58. The molecule has 1 unspecified atom stereocenters. The summed E-state index contributed by atoms with van der Waals surface area (Å²) in [5.74, 6) is 0.152. The second kappa shape index (κ2) is 8.60. The van der Waals surface area contributed by atoms with Crippen molar-refractivity contribution in [1.29, 1.82) is 0 Å². The lowest BCUT2D eigenvalue weighted by Crippen LogP contribution is -2.49. The van der Waals surface area contributed by atoms with Gasteiger partial charge in [0.15, 0.2) is 0 Å². The number of amides is 1. The third-order valence-electron chi connectivity index (χ3n) is 4.33. The maximum absolute atomic E-state index is 12.1. The van der Waals surface area contributed by atoms with E-state index in [1.807, 2.05) is 6.92 Å². The van der Waals surface area contributed by atoms with Crippen molar-refractivity contribution in [2.75, 3.05) is 39.4 Å². The van der Waals surface area contributed by atoms with Crippen molar-refractivity contribution in [3.8, 4) is 0 Å². The summed E-state index contributed by atoms with van der Waals surface area (Å²) in [5, 5.41) is 6.50. The van der Waals surface area contributed by atoms with Gasteiger partial charge in [-0.15, -0.1) is 0 Å². The van der Waals surface area contributed by atoms with Crippen LogP contribution in [0.1, 0.15) is 39.0 Å². The summed E-state index contributed by atoms with van der Waals surface area (Å²) in [6.45, 7) is 7.48. The fourth-order valence-electron chi connectivity index (χ4n) is 2.93. The minimum Gasteiger partial charge on any atom is -0.379 e. The molecule has 5 heteroatoms. The lowest BCUT2D eigenvalue weighted by molar-refractivity contribution is -0.123. The van der Waals surface area contributed by atoms with Gasteiger partial charge in [0.1, 0.15) is 0 Å². The normalized spacial score (nSPS) is 23.4. The molecule has 5 nitrogen and oxygen atoms in total. The van der Waals surface area contributed by atoms with Crippen molar-refractivity contribution in [1.82, 2.24) is 15.5 Å². The summed E-state index contributed by atoms with van der Waals surface area (Å²) in [5.41, 5.74) is 0. The molecule has 2 fully saturated rings. The Hall–Kier alpha value is -0.650. The van der Waals surface area contributed by atoms with E-state index in [1.54, 1.807) is 0 Å². The fraction of sp³-hybridized carbons (Fsp3) is 0.933. The van der Waals surface area contributed by atoms with Gasteiger partial charge in [-0.05, 0) is 19.8 Å². The molecule has 20 heavy (non-hydrogen) atoms. The smallest absolute Gasteiger partial charge is 0.237 e. The SMILES string of the molecule is CC(NCCN1CCOCC1)C(=O)NC1CCCCC1. The van der Waals surface area contributed by atoms with Crippen LogP contribution in [0.25, 0.3) is 0 Å². The zero-order valence-electron chi connectivity index (χ0n) is 12.7. The molecule has 0 aromatic rings. The van der Waals surface area contributed by atoms with Crippen molar-refractivity contribution in [3.63, 3.8) is 0 Å². The van der Waals surface area contributed by atoms with Crippen LogP contribution in [0.5, 0.6) is 0 Å². The number of morpholine rings is 1. The van der Waals surface area contributed by atoms with Crippen LogP contribution in [0.15, 0.2) is 0 Å². The summed E-state index contributed by atoms with van der Waals surface area (Å²) >= 11 is 0. The van der Waals surface area contributed by atoms with Gasteiger partial charge >= 0.3 is 0 Å². The number of nitrogens with one attached hydrogen (secondary N) is 2. The van der Waals surface area contributed by atoms with Crippen LogP contribution in [0, 0.1) is 0 Å². The molecule has 1 aliphatic carbocycles.